The number of hydrogen-bond acceptors (Lipinski definition) is 4. The van der Waals surface area contributed by atoms with Crippen LogP contribution >= 0.6 is 11.8 Å². The van der Waals surface area contributed by atoms with Gasteiger partial charge in [-0.25, -0.2) is 4.90 Å². The quantitative estimate of drug-likeness (QED) is 0.916. The van der Waals surface area contributed by atoms with Gasteiger partial charge >= 0.3 is 0 Å². The van der Waals surface area contributed by atoms with Crippen LogP contribution in [0.4, 0.5) is 16.2 Å². The molecular weight excluding hydrogens is 308 g/mol. The molecule has 0 bridgehead atoms. The number of rotatable bonds is 3. The number of imide groups is 1. The second-order valence-corrected chi connectivity index (χ2v) is 6.79. The maximum atomic E-state index is 12.6. The summed E-state index contributed by atoms with van der Waals surface area (Å²) in [7, 11) is 0. The van der Waals surface area contributed by atoms with Gasteiger partial charge in [0.25, 0.3) is 11.1 Å². The van der Waals surface area contributed by atoms with Gasteiger partial charge in [-0.05, 0) is 61.9 Å². The summed E-state index contributed by atoms with van der Waals surface area (Å²) in [5.41, 5.74) is 4.74. The van der Waals surface area contributed by atoms with Gasteiger partial charge < -0.3 is 5.32 Å². The number of carbonyl (C=O) groups is 2. The molecule has 1 heterocycles. The van der Waals surface area contributed by atoms with E-state index >= 15 is 0 Å². The Morgan fingerprint density at radius 2 is 1.61 bits per heavy atom. The Kier molecular flexibility index (Phi) is 4.13. The lowest BCUT2D eigenvalue weighted by Gasteiger charge is -2.16. The molecule has 0 radical (unpaired) electrons. The first-order valence-corrected chi connectivity index (χ1v) is 8.29. The molecule has 0 unspecified atom stereocenters. The molecule has 2 amide bonds. The number of hydrogen-bond donors (Lipinski definition) is 1. The fourth-order valence-electron chi connectivity index (χ4n) is 2.46. The van der Waals surface area contributed by atoms with Crippen molar-refractivity contribution in [2.75, 3.05) is 10.2 Å². The molecule has 1 N–H and O–H groups in total. The minimum absolute atomic E-state index is 0.232. The number of anilines is 2. The highest BCUT2D eigenvalue weighted by Gasteiger charge is 2.40. The molecule has 1 saturated heterocycles. The van der Waals surface area contributed by atoms with E-state index in [4.69, 9.17) is 0 Å². The highest BCUT2D eigenvalue weighted by atomic mass is 32.2. The molecule has 1 atom stereocenters. The lowest BCUT2D eigenvalue weighted by molar-refractivity contribution is -0.116. The van der Waals surface area contributed by atoms with E-state index in [1.807, 2.05) is 51.1 Å². The van der Waals surface area contributed by atoms with Crippen LogP contribution in [0.25, 0.3) is 0 Å². The molecule has 5 heteroatoms. The SMILES string of the molecule is Cc1ccc(N2C(=O)S[C@H](Nc3cc(C)ccc3C)C2=O)cc1. The molecule has 4 nitrogen and oxygen atoms in total. The van der Waals surface area contributed by atoms with Gasteiger partial charge in [-0.3, -0.25) is 9.59 Å². The number of nitrogens with one attached hydrogen (secondary N) is 1. The molecule has 0 aliphatic carbocycles. The first-order valence-electron chi connectivity index (χ1n) is 7.41. The molecule has 3 rings (SSSR count). The van der Waals surface area contributed by atoms with Crippen LogP contribution in [0.3, 0.4) is 0 Å². The van der Waals surface area contributed by atoms with Gasteiger partial charge in [-0.2, -0.15) is 0 Å². The molecule has 2 aromatic rings. The van der Waals surface area contributed by atoms with Gasteiger partial charge in [0.2, 0.25) is 0 Å². The van der Waals surface area contributed by atoms with Crippen LogP contribution in [0.5, 0.6) is 0 Å². The Morgan fingerprint density at radius 1 is 0.957 bits per heavy atom. The Morgan fingerprint density at radius 3 is 2.30 bits per heavy atom. The topological polar surface area (TPSA) is 49.4 Å². The molecular formula is C18H18N2O2S. The van der Waals surface area contributed by atoms with E-state index in [1.165, 1.54) is 4.90 Å². The number of thioether (sulfide) groups is 1. The predicted octanol–water partition coefficient (Wildman–Crippen LogP) is 4.25. The first-order chi connectivity index (χ1) is 11.0. The molecule has 23 heavy (non-hydrogen) atoms. The van der Waals surface area contributed by atoms with Gasteiger partial charge in [0.1, 0.15) is 0 Å². The standard InChI is InChI=1S/C18H18N2O2S/c1-11-5-8-14(9-6-11)20-17(21)16(23-18(20)22)19-15-10-12(2)4-7-13(15)3/h4-10,16,19H,1-3H3/t16-/m0/s1. The number of aryl methyl sites for hydroxylation is 3. The van der Waals surface area contributed by atoms with E-state index in [2.05, 4.69) is 5.32 Å². The summed E-state index contributed by atoms with van der Waals surface area (Å²) in [6.07, 6.45) is 0. The van der Waals surface area contributed by atoms with Crippen LogP contribution in [0.2, 0.25) is 0 Å². The van der Waals surface area contributed by atoms with E-state index in [1.54, 1.807) is 12.1 Å². The van der Waals surface area contributed by atoms with Crippen LogP contribution in [0.1, 0.15) is 16.7 Å². The van der Waals surface area contributed by atoms with Gasteiger partial charge in [-0.15, -0.1) is 0 Å². The maximum Gasteiger partial charge on any atom is 0.295 e. The smallest absolute Gasteiger partial charge is 0.295 e. The number of amides is 2. The van der Waals surface area contributed by atoms with Gasteiger partial charge in [0, 0.05) is 5.69 Å². The fraction of sp³-hybridized carbons (Fsp3) is 0.222. The fourth-order valence-corrected chi connectivity index (χ4v) is 3.36. The summed E-state index contributed by atoms with van der Waals surface area (Å²) in [5.74, 6) is -0.232. The zero-order valence-electron chi connectivity index (χ0n) is 13.3. The Hall–Kier alpha value is -2.27. The zero-order valence-corrected chi connectivity index (χ0v) is 14.1. The molecule has 0 spiro atoms. The highest BCUT2D eigenvalue weighted by molar-refractivity contribution is 8.16. The molecule has 1 aliphatic rings. The lowest BCUT2D eigenvalue weighted by Crippen LogP contribution is -2.34. The number of nitrogens with zero attached hydrogens (tertiary/aromatic N) is 1. The monoisotopic (exact) mass is 326 g/mol. The van der Waals surface area contributed by atoms with Crippen LogP contribution < -0.4 is 10.2 Å². The summed E-state index contributed by atoms with van der Waals surface area (Å²) >= 11 is 1.02. The molecule has 2 aromatic carbocycles. The summed E-state index contributed by atoms with van der Waals surface area (Å²) in [5, 5.41) is 2.35. The van der Waals surface area contributed by atoms with E-state index in [0.29, 0.717) is 5.69 Å². The van der Waals surface area contributed by atoms with Crippen molar-refractivity contribution in [3.63, 3.8) is 0 Å². The van der Waals surface area contributed by atoms with Crippen molar-refractivity contribution in [2.24, 2.45) is 0 Å². The van der Waals surface area contributed by atoms with Crippen LogP contribution in [-0.2, 0) is 4.79 Å². The number of benzene rings is 2. The molecule has 118 valence electrons. The average molecular weight is 326 g/mol. The Labute approximate surface area is 139 Å². The molecule has 1 fully saturated rings. The van der Waals surface area contributed by atoms with Gasteiger partial charge in [0.05, 0.1) is 5.69 Å². The first kappa shape index (κ1) is 15.6. The minimum Gasteiger partial charge on any atom is -0.365 e. The summed E-state index contributed by atoms with van der Waals surface area (Å²) < 4.78 is 0. The van der Waals surface area contributed by atoms with Crippen LogP contribution in [-0.4, -0.2) is 16.5 Å². The van der Waals surface area contributed by atoms with Gasteiger partial charge in [-0.1, -0.05) is 29.8 Å². The molecule has 1 aliphatic heterocycles. The van der Waals surface area contributed by atoms with E-state index in [0.717, 1.165) is 34.1 Å². The van der Waals surface area contributed by atoms with E-state index in [9.17, 15) is 9.59 Å². The predicted molar refractivity (Wildman–Crippen MR) is 95.0 cm³/mol. The van der Waals surface area contributed by atoms with Crippen LogP contribution in [0.15, 0.2) is 42.5 Å². The third kappa shape index (κ3) is 3.10. The summed E-state index contributed by atoms with van der Waals surface area (Å²) in [6.45, 7) is 5.94. The second kappa shape index (κ2) is 6.08. The van der Waals surface area contributed by atoms with E-state index in [-0.39, 0.29) is 11.1 Å². The zero-order chi connectivity index (χ0) is 16.6. The maximum absolute atomic E-state index is 12.6. The van der Waals surface area contributed by atoms with Crippen molar-refractivity contribution in [1.82, 2.24) is 0 Å². The molecule has 0 saturated carbocycles. The van der Waals surface area contributed by atoms with Crippen molar-refractivity contribution in [3.05, 3.63) is 59.2 Å². The van der Waals surface area contributed by atoms with Crippen molar-refractivity contribution in [1.29, 1.82) is 0 Å². The van der Waals surface area contributed by atoms with Crippen LogP contribution in [0, 0.1) is 20.8 Å². The van der Waals surface area contributed by atoms with E-state index < -0.39 is 5.37 Å². The van der Waals surface area contributed by atoms with Crippen molar-refractivity contribution >= 4 is 34.3 Å². The van der Waals surface area contributed by atoms with Crippen molar-refractivity contribution < 1.29 is 9.59 Å². The van der Waals surface area contributed by atoms with Crippen molar-refractivity contribution in [3.8, 4) is 0 Å². The Balaban J connectivity index is 1.83. The van der Waals surface area contributed by atoms with Crippen molar-refractivity contribution in [2.45, 2.75) is 26.1 Å². The lowest BCUT2D eigenvalue weighted by atomic mass is 10.1. The van der Waals surface area contributed by atoms with Gasteiger partial charge in [0.15, 0.2) is 5.37 Å². The highest BCUT2D eigenvalue weighted by Crippen LogP contribution is 2.33. The molecule has 0 aromatic heterocycles. The summed E-state index contributed by atoms with van der Waals surface area (Å²) in [6, 6.07) is 13.4. The minimum atomic E-state index is -0.593. The largest absolute Gasteiger partial charge is 0.365 e. The second-order valence-electron chi connectivity index (χ2n) is 5.74. The average Bonchev–Trinajstić information content (AvgIpc) is 2.79. The third-order valence-electron chi connectivity index (χ3n) is 3.82. The summed E-state index contributed by atoms with van der Waals surface area (Å²) in [4.78, 5) is 26.1. The Bertz CT molecular complexity index is 771. The normalized spacial score (nSPS) is 17.7. The number of carbonyl (C=O) groups excluding carboxylic acids is 2. The third-order valence-corrected chi connectivity index (χ3v) is 4.76.